The molecule has 1 unspecified atom stereocenters. The number of benzene rings is 4. The average Bonchev–Trinajstić information content (AvgIpc) is 3.00. The number of hydrogen-bond acceptors (Lipinski definition) is 6. The molecule has 4 aromatic carbocycles. The third-order valence-electron chi connectivity index (χ3n) is 6.97. The van der Waals surface area contributed by atoms with E-state index >= 15 is 0 Å². The predicted octanol–water partition coefficient (Wildman–Crippen LogP) is 7.25. The molecule has 0 aliphatic heterocycles. The SMILES string of the molecule is Cc1ccccc1N(CCCOc1ccc(CC(Nc2ccccc2OC(=O)c2ccccc2)C(=O)O)cc1)CC(C)C. The Morgan fingerprint density at radius 2 is 1.53 bits per heavy atom. The molecule has 0 aromatic heterocycles. The van der Waals surface area contributed by atoms with Crippen molar-refractivity contribution in [1.82, 2.24) is 0 Å². The zero-order valence-electron chi connectivity index (χ0n) is 25.0. The number of carboxylic acid groups (broad SMARTS) is 1. The van der Waals surface area contributed by atoms with E-state index in [-0.39, 0.29) is 12.2 Å². The van der Waals surface area contributed by atoms with Crippen LogP contribution in [0.25, 0.3) is 0 Å². The normalized spacial score (nSPS) is 11.5. The Morgan fingerprint density at radius 3 is 2.23 bits per heavy atom. The second kappa shape index (κ2) is 15.4. The topological polar surface area (TPSA) is 88.1 Å². The van der Waals surface area contributed by atoms with Crippen LogP contribution in [0.2, 0.25) is 0 Å². The second-order valence-corrected chi connectivity index (χ2v) is 11.0. The van der Waals surface area contributed by atoms with Crippen LogP contribution in [0.3, 0.4) is 0 Å². The first-order valence-corrected chi connectivity index (χ1v) is 14.7. The Balaban J connectivity index is 1.32. The number of rotatable bonds is 15. The van der Waals surface area contributed by atoms with Gasteiger partial charge in [-0.15, -0.1) is 0 Å². The largest absolute Gasteiger partial charge is 0.494 e. The zero-order valence-corrected chi connectivity index (χ0v) is 25.0. The van der Waals surface area contributed by atoms with Crippen molar-refractivity contribution in [1.29, 1.82) is 0 Å². The van der Waals surface area contributed by atoms with E-state index in [9.17, 15) is 14.7 Å². The highest BCUT2D eigenvalue weighted by Crippen LogP contribution is 2.27. The summed E-state index contributed by atoms with van der Waals surface area (Å²) in [6.45, 7) is 9.07. The monoisotopic (exact) mass is 580 g/mol. The van der Waals surface area contributed by atoms with Gasteiger partial charge >= 0.3 is 11.9 Å². The number of hydrogen-bond donors (Lipinski definition) is 2. The van der Waals surface area contributed by atoms with E-state index in [1.165, 1.54) is 11.3 Å². The number of esters is 1. The van der Waals surface area contributed by atoms with E-state index in [4.69, 9.17) is 9.47 Å². The molecular weight excluding hydrogens is 540 g/mol. The first-order chi connectivity index (χ1) is 20.8. The van der Waals surface area contributed by atoms with E-state index in [0.29, 0.717) is 23.8 Å². The number of para-hydroxylation sites is 3. The van der Waals surface area contributed by atoms with E-state index in [0.717, 1.165) is 30.8 Å². The molecule has 7 nitrogen and oxygen atoms in total. The maximum absolute atomic E-state index is 12.6. The summed E-state index contributed by atoms with van der Waals surface area (Å²) >= 11 is 0. The minimum atomic E-state index is -1.01. The summed E-state index contributed by atoms with van der Waals surface area (Å²) in [6.07, 6.45) is 1.11. The number of ether oxygens (including phenoxy) is 2. The Labute approximate surface area is 254 Å². The molecule has 7 heteroatoms. The summed E-state index contributed by atoms with van der Waals surface area (Å²) < 4.78 is 11.6. The fourth-order valence-corrected chi connectivity index (χ4v) is 4.87. The van der Waals surface area contributed by atoms with Gasteiger partial charge in [0.2, 0.25) is 0 Å². The van der Waals surface area contributed by atoms with Gasteiger partial charge in [0.25, 0.3) is 0 Å². The molecule has 4 aromatic rings. The lowest BCUT2D eigenvalue weighted by atomic mass is 10.1. The summed E-state index contributed by atoms with van der Waals surface area (Å²) in [5.41, 5.74) is 4.21. The van der Waals surface area contributed by atoms with Crippen molar-refractivity contribution in [3.8, 4) is 11.5 Å². The van der Waals surface area contributed by atoms with E-state index in [1.54, 1.807) is 48.5 Å². The van der Waals surface area contributed by atoms with Crippen LogP contribution in [-0.2, 0) is 11.2 Å². The number of carbonyl (C=O) groups is 2. The summed E-state index contributed by atoms with van der Waals surface area (Å²) in [7, 11) is 0. The van der Waals surface area contributed by atoms with Gasteiger partial charge in [-0.05, 0) is 72.9 Å². The molecule has 0 radical (unpaired) electrons. The standard InChI is InChI=1S/C36H40N2O5/c1-26(2)25-38(33-16-9-7-12-27(33)3)22-11-23-42-30-20-18-28(19-21-30)24-32(35(39)40)37-31-15-8-10-17-34(31)43-36(41)29-13-5-4-6-14-29/h4-10,12-21,26,32,37H,11,22-25H2,1-3H3,(H,39,40). The summed E-state index contributed by atoms with van der Waals surface area (Å²) in [4.78, 5) is 27.2. The van der Waals surface area contributed by atoms with Gasteiger partial charge in [0.1, 0.15) is 11.8 Å². The maximum Gasteiger partial charge on any atom is 0.343 e. The lowest BCUT2D eigenvalue weighted by molar-refractivity contribution is -0.137. The second-order valence-electron chi connectivity index (χ2n) is 11.0. The minimum absolute atomic E-state index is 0.233. The quantitative estimate of drug-likeness (QED) is 0.0870. The molecule has 0 aliphatic rings. The number of aliphatic carboxylic acids is 1. The molecule has 1 atom stereocenters. The molecule has 0 aliphatic carbocycles. The van der Waals surface area contributed by atoms with Crippen LogP contribution >= 0.6 is 0 Å². The molecule has 224 valence electrons. The summed E-state index contributed by atoms with van der Waals surface area (Å²) in [5.74, 6) is 0.0352. The molecule has 0 amide bonds. The zero-order chi connectivity index (χ0) is 30.6. The van der Waals surface area contributed by atoms with Crippen molar-refractivity contribution >= 4 is 23.3 Å². The first kappa shape index (κ1) is 31.2. The van der Waals surface area contributed by atoms with Gasteiger partial charge in [0, 0.05) is 25.2 Å². The highest BCUT2D eigenvalue weighted by molar-refractivity contribution is 5.92. The first-order valence-electron chi connectivity index (χ1n) is 14.7. The lowest BCUT2D eigenvalue weighted by Crippen LogP contribution is -2.31. The van der Waals surface area contributed by atoms with Gasteiger partial charge in [0.05, 0.1) is 17.9 Å². The number of carboxylic acids is 1. The van der Waals surface area contributed by atoms with Gasteiger partial charge in [0.15, 0.2) is 5.75 Å². The van der Waals surface area contributed by atoms with Gasteiger partial charge < -0.3 is 24.8 Å². The van der Waals surface area contributed by atoms with Crippen LogP contribution in [0.15, 0.2) is 103 Å². The third-order valence-corrected chi connectivity index (χ3v) is 6.97. The van der Waals surface area contributed by atoms with Gasteiger partial charge in [-0.1, -0.05) is 74.5 Å². The molecule has 0 spiro atoms. The molecule has 0 saturated carbocycles. The highest BCUT2D eigenvalue weighted by Gasteiger charge is 2.21. The molecule has 2 N–H and O–H groups in total. The van der Waals surface area contributed by atoms with Crippen LogP contribution in [0.1, 0.15) is 41.8 Å². The molecule has 0 heterocycles. The van der Waals surface area contributed by atoms with Crippen molar-refractivity contribution in [3.63, 3.8) is 0 Å². The fourth-order valence-electron chi connectivity index (χ4n) is 4.87. The smallest absolute Gasteiger partial charge is 0.343 e. The molecule has 0 saturated heterocycles. The fraction of sp³-hybridized carbons (Fsp3) is 0.278. The van der Waals surface area contributed by atoms with Crippen LogP contribution in [0, 0.1) is 12.8 Å². The van der Waals surface area contributed by atoms with Crippen LogP contribution in [0.4, 0.5) is 11.4 Å². The van der Waals surface area contributed by atoms with E-state index in [1.807, 2.05) is 30.3 Å². The van der Waals surface area contributed by atoms with Crippen LogP contribution < -0.4 is 19.7 Å². The molecule has 4 rings (SSSR count). The summed E-state index contributed by atoms with van der Waals surface area (Å²) in [5, 5.41) is 13.0. The van der Waals surface area contributed by atoms with E-state index < -0.39 is 18.0 Å². The summed E-state index contributed by atoms with van der Waals surface area (Å²) in [6, 6.07) is 30.5. The Kier molecular flexibility index (Phi) is 11.2. The highest BCUT2D eigenvalue weighted by atomic mass is 16.5. The molecule has 0 fully saturated rings. The van der Waals surface area contributed by atoms with Crippen LogP contribution in [-0.4, -0.2) is 42.8 Å². The number of nitrogens with one attached hydrogen (secondary N) is 1. The predicted molar refractivity (Wildman–Crippen MR) is 171 cm³/mol. The molecular formula is C36H40N2O5. The van der Waals surface area contributed by atoms with E-state index in [2.05, 4.69) is 55.3 Å². The molecule has 0 bridgehead atoms. The van der Waals surface area contributed by atoms with Crippen molar-refractivity contribution in [2.45, 2.75) is 39.7 Å². The lowest BCUT2D eigenvalue weighted by Gasteiger charge is -2.28. The van der Waals surface area contributed by atoms with Gasteiger partial charge in [-0.2, -0.15) is 0 Å². The van der Waals surface area contributed by atoms with Gasteiger partial charge in [-0.25, -0.2) is 9.59 Å². The van der Waals surface area contributed by atoms with Crippen molar-refractivity contribution < 1.29 is 24.2 Å². The van der Waals surface area contributed by atoms with Crippen molar-refractivity contribution in [2.24, 2.45) is 5.92 Å². The van der Waals surface area contributed by atoms with Crippen molar-refractivity contribution in [2.75, 3.05) is 29.9 Å². The average molecular weight is 581 g/mol. The number of carbonyl (C=O) groups excluding carboxylic acids is 1. The Morgan fingerprint density at radius 1 is 0.860 bits per heavy atom. The third kappa shape index (κ3) is 9.36. The number of anilines is 2. The van der Waals surface area contributed by atoms with Gasteiger partial charge in [-0.3, -0.25) is 0 Å². The van der Waals surface area contributed by atoms with Crippen LogP contribution in [0.5, 0.6) is 11.5 Å². The van der Waals surface area contributed by atoms with Crippen molar-refractivity contribution in [3.05, 3.63) is 120 Å². The number of aryl methyl sites for hydroxylation is 1. The minimum Gasteiger partial charge on any atom is -0.494 e. The Hall–Kier alpha value is -4.78. The number of nitrogens with zero attached hydrogens (tertiary/aromatic N) is 1. The molecule has 43 heavy (non-hydrogen) atoms. The Bertz CT molecular complexity index is 1470. The maximum atomic E-state index is 12.6.